The van der Waals surface area contributed by atoms with Crippen molar-refractivity contribution in [2.24, 2.45) is 40.4 Å². The summed E-state index contributed by atoms with van der Waals surface area (Å²) in [6.07, 6.45) is 13.2. The van der Waals surface area contributed by atoms with Gasteiger partial charge >= 0.3 is 0 Å². The third-order valence-corrected chi connectivity index (χ3v) is 11.4. The maximum atomic E-state index is 13.7. The Balaban J connectivity index is 1.22. The van der Waals surface area contributed by atoms with Gasteiger partial charge in [0.1, 0.15) is 11.0 Å². The zero-order valence-corrected chi connectivity index (χ0v) is 22.6. The maximum absolute atomic E-state index is 13.7. The summed E-state index contributed by atoms with van der Waals surface area (Å²) in [5, 5.41) is 16.0. The molecule has 2 heterocycles. The molecular formula is C29H40ClN3O3. The number of Topliss-reactive ketones (excluding diaryl/α,β-unsaturated/α-hetero) is 1. The Morgan fingerprint density at radius 1 is 1.14 bits per heavy atom. The number of carbonyl (C=O) groups is 1. The second kappa shape index (κ2) is 8.78. The smallest absolute Gasteiger partial charge is 0.157 e. The van der Waals surface area contributed by atoms with Crippen LogP contribution in [0.1, 0.15) is 71.6 Å². The Bertz CT molecular complexity index is 1160. The highest BCUT2D eigenvalue weighted by molar-refractivity contribution is 6.31. The number of rotatable bonds is 5. The van der Waals surface area contributed by atoms with Crippen LogP contribution in [0.5, 0.6) is 0 Å². The summed E-state index contributed by atoms with van der Waals surface area (Å²) in [5.41, 5.74) is 1.22. The predicted molar refractivity (Wildman–Crippen MR) is 140 cm³/mol. The second-order valence-electron chi connectivity index (χ2n) is 13.0. The van der Waals surface area contributed by atoms with Gasteiger partial charge in [0.15, 0.2) is 5.78 Å². The fourth-order valence-electron chi connectivity index (χ4n) is 9.59. The summed E-state index contributed by atoms with van der Waals surface area (Å²) in [4.78, 5) is 18.0. The van der Waals surface area contributed by atoms with Crippen LogP contribution in [-0.4, -0.2) is 45.0 Å². The molecule has 6 nitrogen and oxygen atoms in total. The van der Waals surface area contributed by atoms with Crippen LogP contribution in [0.3, 0.4) is 0 Å². The summed E-state index contributed by atoms with van der Waals surface area (Å²) < 4.78 is 7.65. The van der Waals surface area contributed by atoms with Crippen molar-refractivity contribution in [2.45, 2.75) is 83.8 Å². The summed E-state index contributed by atoms with van der Waals surface area (Å²) in [6, 6.07) is 1.80. The van der Waals surface area contributed by atoms with Gasteiger partial charge in [-0.3, -0.25) is 14.5 Å². The lowest BCUT2D eigenvalue weighted by atomic mass is 9.43. The van der Waals surface area contributed by atoms with Crippen LogP contribution in [0.15, 0.2) is 18.5 Å². The summed E-state index contributed by atoms with van der Waals surface area (Å²) in [5.74, 6) is 2.85. The van der Waals surface area contributed by atoms with E-state index >= 15 is 0 Å². The predicted octanol–water partition coefficient (Wildman–Crippen LogP) is 5.69. The first-order valence-corrected chi connectivity index (χ1v) is 14.3. The Hall–Kier alpha value is -1.50. The summed E-state index contributed by atoms with van der Waals surface area (Å²) >= 11 is 6.07. The third kappa shape index (κ3) is 3.85. The average Bonchev–Trinajstić information content (AvgIpc) is 3.38. The zero-order valence-electron chi connectivity index (χ0n) is 21.9. The molecule has 36 heavy (non-hydrogen) atoms. The van der Waals surface area contributed by atoms with Crippen molar-refractivity contribution in [3.8, 4) is 0 Å². The molecule has 0 radical (unpaired) electrons. The first-order chi connectivity index (χ1) is 17.1. The van der Waals surface area contributed by atoms with Gasteiger partial charge in [0, 0.05) is 19.2 Å². The number of ether oxygens (including phenoxy) is 1. The molecule has 1 N–H and O–H groups in total. The molecule has 0 unspecified atom stereocenters. The average molecular weight is 514 g/mol. The van der Waals surface area contributed by atoms with Crippen molar-refractivity contribution < 1.29 is 14.6 Å². The molecule has 2 aromatic rings. The number of hydrogen-bond donors (Lipinski definition) is 1. The molecule has 4 aliphatic rings. The molecule has 0 aliphatic heterocycles. The van der Waals surface area contributed by atoms with Gasteiger partial charge < -0.3 is 9.84 Å². The van der Waals surface area contributed by atoms with E-state index in [1.807, 2.05) is 20.2 Å². The molecule has 0 aromatic carbocycles. The minimum absolute atomic E-state index is 0.0631. The minimum Gasteiger partial charge on any atom is -0.390 e. The fourth-order valence-corrected chi connectivity index (χ4v) is 9.74. The monoisotopic (exact) mass is 513 g/mol. The van der Waals surface area contributed by atoms with E-state index in [1.54, 1.807) is 16.9 Å². The van der Waals surface area contributed by atoms with Crippen molar-refractivity contribution in [2.75, 3.05) is 13.7 Å². The zero-order chi connectivity index (χ0) is 25.3. The lowest BCUT2D eigenvalue weighted by Crippen LogP contribution is -2.58. The van der Waals surface area contributed by atoms with E-state index < -0.39 is 5.60 Å². The number of methoxy groups -OCH3 is 1. The number of ketones is 1. The van der Waals surface area contributed by atoms with Gasteiger partial charge in [-0.25, -0.2) is 0 Å². The first kappa shape index (κ1) is 24.8. The molecule has 4 aliphatic carbocycles. The molecule has 0 spiro atoms. The fraction of sp³-hybridized carbons (Fsp3) is 0.759. The van der Waals surface area contributed by atoms with E-state index in [0.29, 0.717) is 41.0 Å². The van der Waals surface area contributed by atoms with E-state index in [9.17, 15) is 9.90 Å². The van der Waals surface area contributed by atoms with Crippen LogP contribution in [-0.2, 0) is 16.1 Å². The van der Waals surface area contributed by atoms with Gasteiger partial charge in [0.05, 0.1) is 30.0 Å². The summed E-state index contributed by atoms with van der Waals surface area (Å²) in [7, 11) is 1.85. The Labute approximate surface area is 219 Å². The Morgan fingerprint density at radius 2 is 1.97 bits per heavy atom. The SMILES string of the molecule is COC[C@]12CC[C@@](C)(O)C[C@@H]1CC[C@H]1[C@@H]3CC[C@H](C(=O)Cn4cc5ncc(Cl)cc5n4)[C@@]3(C)CC[C@@H]12. The highest BCUT2D eigenvalue weighted by Crippen LogP contribution is 2.68. The minimum atomic E-state index is -0.541. The lowest BCUT2D eigenvalue weighted by molar-refractivity contribution is -0.175. The normalized spacial score (nSPS) is 42.1. The van der Waals surface area contributed by atoms with Gasteiger partial charge in [0.25, 0.3) is 0 Å². The number of carbonyl (C=O) groups excluding carboxylic acids is 1. The van der Waals surface area contributed by atoms with Gasteiger partial charge in [-0.05, 0) is 105 Å². The number of fused-ring (bicyclic) bond motifs is 6. The maximum Gasteiger partial charge on any atom is 0.157 e. The van der Waals surface area contributed by atoms with Crippen LogP contribution in [0.25, 0.3) is 11.0 Å². The van der Waals surface area contributed by atoms with Crippen molar-refractivity contribution >= 4 is 28.4 Å². The number of nitrogens with zero attached hydrogens (tertiary/aromatic N) is 3. The van der Waals surface area contributed by atoms with Crippen LogP contribution in [0.2, 0.25) is 5.02 Å². The van der Waals surface area contributed by atoms with Gasteiger partial charge in [-0.2, -0.15) is 5.10 Å². The molecule has 0 amide bonds. The second-order valence-corrected chi connectivity index (χ2v) is 13.5. The third-order valence-electron chi connectivity index (χ3n) is 11.1. The number of aliphatic hydroxyl groups is 1. The van der Waals surface area contributed by atoms with Crippen molar-refractivity contribution in [1.29, 1.82) is 0 Å². The highest BCUT2D eigenvalue weighted by atomic mass is 35.5. The lowest BCUT2D eigenvalue weighted by Gasteiger charge is -2.62. The standard InChI is InChI=1S/C29H40ClN3O3/c1-27(35)10-11-29(17-36-3)18(13-27)4-5-20-21-6-7-23(28(21,2)9-8-22(20)29)26(34)16-33-15-25-24(32-33)12-19(30)14-31-25/h12,14-15,18,20-23,35H,4-11,13,16-17H2,1-3H3/t18-,20-,21-,22-,23+,27+,28-,29+/m0/s1. The van der Waals surface area contributed by atoms with E-state index in [-0.39, 0.29) is 16.7 Å². The van der Waals surface area contributed by atoms with Crippen LogP contribution >= 0.6 is 11.6 Å². The van der Waals surface area contributed by atoms with Gasteiger partial charge in [-0.15, -0.1) is 0 Å². The van der Waals surface area contributed by atoms with E-state index in [1.165, 1.54) is 19.3 Å². The van der Waals surface area contributed by atoms with Gasteiger partial charge in [-0.1, -0.05) is 18.5 Å². The molecule has 0 bridgehead atoms. The number of hydrogen-bond acceptors (Lipinski definition) is 5. The quantitative estimate of drug-likeness (QED) is 0.555. The van der Waals surface area contributed by atoms with Crippen LogP contribution < -0.4 is 0 Å². The molecular weight excluding hydrogens is 474 g/mol. The highest BCUT2D eigenvalue weighted by Gasteiger charge is 2.63. The molecule has 196 valence electrons. The molecule has 7 heteroatoms. The molecule has 2 aromatic heterocycles. The first-order valence-electron chi connectivity index (χ1n) is 13.9. The number of halogens is 1. The van der Waals surface area contributed by atoms with E-state index in [4.69, 9.17) is 16.3 Å². The molecule has 8 atom stereocenters. The Morgan fingerprint density at radius 3 is 2.78 bits per heavy atom. The molecule has 4 saturated carbocycles. The molecule has 0 saturated heterocycles. The van der Waals surface area contributed by atoms with Crippen molar-refractivity contribution in [1.82, 2.24) is 14.8 Å². The van der Waals surface area contributed by atoms with Crippen molar-refractivity contribution in [3.05, 3.63) is 23.5 Å². The van der Waals surface area contributed by atoms with E-state index in [0.717, 1.165) is 56.2 Å². The Kier molecular flexibility index (Phi) is 6.05. The number of aromatic nitrogens is 3. The largest absolute Gasteiger partial charge is 0.390 e. The topological polar surface area (TPSA) is 77.2 Å². The molecule has 4 fully saturated rings. The molecule has 6 rings (SSSR count). The van der Waals surface area contributed by atoms with Crippen LogP contribution in [0.4, 0.5) is 0 Å². The van der Waals surface area contributed by atoms with Gasteiger partial charge in [0.2, 0.25) is 0 Å². The van der Waals surface area contributed by atoms with Crippen molar-refractivity contribution in [3.63, 3.8) is 0 Å². The van der Waals surface area contributed by atoms with Crippen LogP contribution in [0, 0.1) is 40.4 Å². The summed E-state index contributed by atoms with van der Waals surface area (Å²) in [6.45, 7) is 5.55. The number of pyridine rings is 1. The van der Waals surface area contributed by atoms with E-state index in [2.05, 4.69) is 17.0 Å².